The monoisotopic (exact) mass is 338 g/mol. The van der Waals surface area contributed by atoms with E-state index in [4.69, 9.17) is 0 Å². The molecule has 2 aromatic rings. The number of carbonyl (C=O) groups excluding carboxylic acids is 1. The first-order valence-corrected chi connectivity index (χ1v) is 8.99. The summed E-state index contributed by atoms with van der Waals surface area (Å²) in [5, 5.41) is 9.27. The zero-order valence-corrected chi connectivity index (χ0v) is 14.6. The van der Waals surface area contributed by atoms with E-state index in [1.807, 2.05) is 53.4 Å². The highest BCUT2D eigenvalue weighted by atomic mass is 16.3. The lowest BCUT2D eigenvalue weighted by atomic mass is 9.98. The maximum Gasteiger partial charge on any atom is 0.241 e. The van der Waals surface area contributed by atoms with Crippen LogP contribution in [-0.2, 0) is 11.3 Å². The first kappa shape index (κ1) is 17.6. The number of para-hydroxylation sites is 1. The van der Waals surface area contributed by atoms with Crippen molar-refractivity contribution < 1.29 is 9.90 Å². The second-order valence-corrected chi connectivity index (χ2v) is 6.70. The largest absolute Gasteiger partial charge is 0.396 e. The number of anilines is 1. The Morgan fingerprint density at radius 2 is 1.60 bits per heavy atom. The molecule has 4 nitrogen and oxygen atoms in total. The normalized spacial score (nSPS) is 15.9. The number of aliphatic hydroxyl groups is 1. The number of benzene rings is 2. The summed E-state index contributed by atoms with van der Waals surface area (Å²) < 4.78 is 0. The van der Waals surface area contributed by atoms with E-state index in [-0.39, 0.29) is 12.5 Å². The van der Waals surface area contributed by atoms with Crippen molar-refractivity contribution in [3.8, 4) is 0 Å². The number of hydrogen-bond acceptors (Lipinski definition) is 3. The van der Waals surface area contributed by atoms with Crippen molar-refractivity contribution in [2.75, 3.05) is 31.1 Å². The molecule has 1 N–H and O–H groups in total. The minimum Gasteiger partial charge on any atom is -0.396 e. The average Bonchev–Trinajstić information content (AvgIpc) is 2.68. The maximum atomic E-state index is 13.0. The van der Waals surface area contributed by atoms with Gasteiger partial charge in [0.2, 0.25) is 5.91 Å². The van der Waals surface area contributed by atoms with Gasteiger partial charge in [0.1, 0.15) is 0 Å². The average molecular weight is 338 g/mol. The Balaban J connectivity index is 1.69. The Hall–Kier alpha value is -2.17. The number of rotatable bonds is 6. The lowest BCUT2D eigenvalue weighted by Crippen LogP contribution is -2.43. The number of nitrogens with zero attached hydrogens (tertiary/aromatic N) is 2. The molecule has 0 aromatic heterocycles. The summed E-state index contributed by atoms with van der Waals surface area (Å²) in [6, 6.07) is 20.0. The van der Waals surface area contributed by atoms with Gasteiger partial charge in [0, 0.05) is 12.3 Å². The van der Waals surface area contributed by atoms with E-state index >= 15 is 0 Å². The van der Waals surface area contributed by atoms with E-state index in [0.29, 0.717) is 19.0 Å². The number of hydrogen-bond donors (Lipinski definition) is 1. The molecule has 132 valence electrons. The third-order valence-corrected chi connectivity index (χ3v) is 4.88. The zero-order valence-electron chi connectivity index (χ0n) is 14.6. The number of piperidine rings is 1. The van der Waals surface area contributed by atoms with Crippen LogP contribution in [0.4, 0.5) is 5.69 Å². The summed E-state index contributed by atoms with van der Waals surface area (Å²) in [4.78, 5) is 17.1. The molecule has 0 atom stereocenters. The molecule has 0 bridgehead atoms. The Labute approximate surface area is 149 Å². The molecule has 1 fully saturated rings. The first-order chi connectivity index (χ1) is 12.3. The first-order valence-electron chi connectivity index (χ1n) is 8.99. The maximum absolute atomic E-state index is 13.0. The van der Waals surface area contributed by atoms with Crippen LogP contribution in [0.2, 0.25) is 0 Å². The molecule has 0 spiro atoms. The molecule has 4 heteroatoms. The topological polar surface area (TPSA) is 43.8 Å². The highest BCUT2D eigenvalue weighted by Crippen LogP contribution is 2.20. The van der Waals surface area contributed by atoms with Crippen molar-refractivity contribution in [3.05, 3.63) is 66.2 Å². The van der Waals surface area contributed by atoms with Crippen LogP contribution < -0.4 is 4.90 Å². The van der Waals surface area contributed by atoms with E-state index in [0.717, 1.165) is 37.2 Å². The SMILES string of the molecule is O=C(CN1CCC(CO)CC1)N(Cc1ccccc1)c1ccccc1. The summed E-state index contributed by atoms with van der Waals surface area (Å²) in [5.41, 5.74) is 2.06. The Bertz CT molecular complexity index is 652. The second-order valence-electron chi connectivity index (χ2n) is 6.70. The molecule has 0 radical (unpaired) electrons. The summed E-state index contributed by atoms with van der Waals surface area (Å²) in [7, 11) is 0. The molecule has 1 aliphatic heterocycles. The highest BCUT2D eigenvalue weighted by Gasteiger charge is 2.23. The molecule has 0 unspecified atom stereocenters. The molecule has 0 aliphatic carbocycles. The third kappa shape index (κ3) is 4.91. The summed E-state index contributed by atoms with van der Waals surface area (Å²) >= 11 is 0. The van der Waals surface area contributed by atoms with E-state index < -0.39 is 0 Å². The fourth-order valence-corrected chi connectivity index (χ4v) is 3.30. The van der Waals surface area contributed by atoms with Crippen LogP contribution in [0.25, 0.3) is 0 Å². The van der Waals surface area contributed by atoms with Gasteiger partial charge in [-0.05, 0) is 49.5 Å². The molecule has 1 heterocycles. The van der Waals surface area contributed by atoms with Crippen LogP contribution >= 0.6 is 0 Å². The van der Waals surface area contributed by atoms with Gasteiger partial charge in [-0.3, -0.25) is 9.69 Å². The van der Waals surface area contributed by atoms with Gasteiger partial charge in [0.25, 0.3) is 0 Å². The van der Waals surface area contributed by atoms with Crippen molar-refractivity contribution in [1.82, 2.24) is 4.90 Å². The van der Waals surface area contributed by atoms with Gasteiger partial charge >= 0.3 is 0 Å². The third-order valence-electron chi connectivity index (χ3n) is 4.88. The van der Waals surface area contributed by atoms with Crippen LogP contribution in [0.5, 0.6) is 0 Å². The molecular weight excluding hydrogens is 312 g/mol. The Kier molecular flexibility index (Phi) is 6.20. The van der Waals surface area contributed by atoms with Crippen molar-refractivity contribution in [2.24, 2.45) is 5.92 Å². The van der Waals surface area contributed by atoms with Gasteiger partial charge in [-0.1, -0.05) is 48.5 Å². The number of likely N-dealkylation sites (tertiary alicyclic amines) is 1. The number of aliphatic hydroxyl groups excluding tert-OH is 1. The summed E-state index contributed by atoms with van der Waals surface area (Å²) in [6.07, 6.45) is 1.93. The van der Waals surface area contributed by atoms with E-state index in [1.165, 1.54) is 0 Å². The number of carbonyl (C=O) groups is 1. The van der Waals surface area contributed by atoms with Gasteiger partial charge in [0.15, 0.2) is 0 Å². The minimum absolute atomic E-state index is 0.123. The lowest BCUT2D eigenvalue weighted by Gasteiger charge is -2.32. The highest BCUT2D eigenvalue weighted by molar-refractivity contribution is 5.94. The lowest BCUT2D eigenvalue weighted by molar-refractivity contribution is -0.120. The molecule has 1 saturated heterocycles. The van der Waals surface area contributed by atoms with Crippen molar-refractivity contribution >= 4 is 11.6 Å². The smallest absolute Gasteiger partial charge is 0.241 e. The molecule has 0 saturated carbocycles. The molecule has 3 rings (SSSR count). The molecule has 1 amide bonds. The summed E-state index contributed by atoms with van der Waals surface area (Å²) in [5.74, 6) is 0.512. The van der Waals surface area contributed by atoms with E-state index in [2.05, 4.69) is 17.0 Å². The van der Waals surface area contributed by atoms with Crippen LogP contribution in [-0.4, -0.2) is 42.2 Å². The van der Waals surface area contributed by atoms with Crippen LogP contribution in [0.1, 0.15) is 18.4 Å². The molecule has 1 aliphatic rings. The quantitative estimate of drug-likeness (QED) is 0.881. The Morgan fingerprint density at radius 3 is 2.20 bits per heavy atom. The van der Waals surface area contributed by atoms with Crippen molar-refractivity contribution in [3.63, 3.8) is 0 Å². The van der Waals surface area contributed by atoms with Crippen LogP contribution in [0.15, 0.2) is 60.7 Å². The van der Waals surface area contributed by atoms with Crippen molar-refractivity contribution in [2.45, 2.75) is 19.4 Å². The van der Waals surface area contributed by atoms with E-state index in [9.17, 15) is 9.90 Å². The van der Waals surface area contributed by atoms with Gasteiger partial charge in [-0.25, -0.2) is 0 Å². The standard InChI is InChI=1S/C21H26N2O2/c24-17-19-11-13-22(14-12-19)16-21(25)23(20-9-5-2-6-10-20)15-18-7-3-1-4-8-18/h1-10,19,24H,11-17H2. The second kappa shape index (κ2) is 8.79. The predicted molar refractivity (Wildman–Crippen MR) is 100 cm³/mol. The fraction of sp³-hybridized carbons (Fsp3) is 0.381. The molecule has 2 aromatic carbocycles. The fourth-order valence-electron chi connectivity index (χ4n) is 3.30. The van der Waals surface area contributed by atoms with Gasteiger partial charge in [0.05, 0.1) is 13.1 Å². The van der Waals surface area contributed by atoms with Gasteiger partial charge < -0.3 is 10.0 Å². The minimum atomic E-state index is 0.123. The summed E-state index contributed by atoms with van der Waals surface area (Å²) in [6.45, 7) is 3.03. The van der Waals surface area contributed by atoms with Crippen LogP contribution in [0, 0.1) is 5.92 Å². The molecule has 25 heavy (non-hydrogen) atoms. The van der Waals surface area contributed by atoms with E-state index in [1.54, 1.807) is 0 Å². The predicted octanol–water partition coefficient (Wildman–Crippen LogP) is 2.92. The molecular formula is C21H26N2O2. The number of amides is 1. The Morgan fingerprint density at radius 1 is 1.00 bits per heavy atom. The van der Waals surface area contributed by atoms with Crippen molar-refractivity contribution in [1.29, 1.82) is 0 Å². The van der Waals surface area contributed by atoms with Crippen LogP contribution in [0.3, 0.4) is 0 Å². The van der Waals surface area contributed by atoms with Gasteiger partial charge in [-0.2, -0.15) is 0 Å². The van der Waals surface area contributed by atoms with Gasteiger partial charge in [-0.15, -0.1) is 0 Å². The zero-order chi connectivity index (χ0) is 17.5.